The zero-order valence-corrected chi connectivity index (χ0v) is 11.5. The molecule has 1 aromatic carbocycles. The van der Waals surface area contributed by atoms with Crippen LogP contribution in [0.4, 0.5) is 4.39 Å². The molecule has 0 unspecified atom stereocenters. The van der Waals surface area contributed by atoms with Gasteiger partial charge in [-0.25, -0.2) is 4.39 Å². The van der Waals surface area contributed by atoms with Crippen molar-refractivity contribution in [1.82, 2.24) is 0 Å². The van der Waals surface area contributed by atoms with Crippen molar-refractivity contribution >= 4 is 18.9 Å². The largest absolute Gasteiger partial charge is 0.494 e. The fraction of sp³-hybridized carbons (Fsp3) is 0.462. The third-order valence-electron chi connectivity index (χ3n) is 3.30. The molecule has 0 aliphatic heterocycles. The number of benzene rings is 1. The molecule has 0 spiro atoms. The van der Waals surface area contributed by atoms with Gasteiger partial charge in [0.05, 0.1) is 11.2 Å². The first-order chi connectivity index (χ1) is 8.58. The van der Waals surface area contributed by atoms with Crippen LogP contribution in [0, 0.1) is 5.82 Å². The van der Waals surface area contributed by atoms with Crippen molar-refractivity contribution in [2.75, 3.05) is 0 Å². The number of aldehydes is 1. The van der Waals surface area contributed by atoms with Gasteiger partial charge in [0.25, 0.3) is 0 Å². The Labute approximate surface area is 112 Å². The number of aliphatic hydroxyl groups is 1. The molecule has 1 aromatic rings. The van der Waals surface area contributed by atoms with Crippen LogP contribution >= 0.6 is 0 Å². The fourth-order valence-corrected chi connectivity index (χ4v) is 1.31. The molecule has 0 aliphatic rings. The van der Waals surface area contributed by atoms with E-state index in [1.165, 1.54) is 26.0 Å². The Bertz CT molecular complexity index is 468. The van der Waals surface area contributed by atoms with Crippen LogP contribution in [0.5, 0.6) is 0 Å². The van der Waals surface area contributed by atoms with Gasteiger partial charge < -0.3 is 14.8 Å². The lowest BCUT2D eigenvalue weighted by molar-refractivity contribution is -0.0983. The van der Waals surface area contributed by atoms with E-state index in [4.69, 9.17) is 4.65 Å². The quantitative estimate of drug-likeness (QED) is 0.615. The van der Waals surface area contributed by atoms with Crippen LogP contribution in [0.1, 0.15) is 38.1 Å². The van der Waals surface area contributed by atoms with Crippen LogP contribution in [-0.4, -0.2) is 34.7 Å². The minimum atomic E-state index is -1.57. The van der Waals surface area contributed by atoms with E-state index >= 15 is 0 Å². The lowest BCUT2D eigenvalue weighted by Crippen LogP contribution is -2.53. The Hall–Kier alpha value is -1.24. The maximum absolute atomic E-state index is 13.6. The number of hydrogen-bond donors (Lipinski definition) is 2. The number of halogens is 1. The first-order valence-corrected chi connectivity index (χ1v) is 5.91. The molecule has 0 aliphatic carbocycles. The predicted octanol–water partition coefficient (Wildman–Crippen LogP) is 0.892. The molecule has 0 aromatic heterocycles. The minimum Gasteiger partial charge on any atom is -0.423 e. The molecule has 6 heteroatoms. The average molecular weight is 268 g/mol. The summed E-state index contributed by atoms with van der Waals surface area (Å²) in [6, 6.07) is 3.61. The molecule has 1 rings (SSSR count). The second-order valence-corrected chi connectivity index (χ2v) is 5.44. The third-order valence-corrected chi connectivity index (χ3v) is 3.30. The van der Waals surface area contributed by atoms with E-state index < -0.39 is 24.1 Å². The van der Waals surface area contributed by atoms with Crippen molar-refractivity contribution in [1.29, 1.82) is 0 Å². The first-order valence-electron chi connectivity index (χ1n) is 5.91. The normalized spacial score (nSPS) is 12.4. The van der Waals surface area contributed by atoms with Crippen LogP contribution in [-0.2, 0) is 4.65 Å². The summed E-state index contributed by atoms with van der Waals surface area (Å²) in [6.07, 6.45) is 0.552. The number of carbonyl (C=O) groups excluding carboxylic acids is 1. The molecule has 0 radical (unpaired) electrons. The Morgan fingerprint density at radius 1 is 1.32 bits per heavy atom. The minimum absolute atomic E-state index is 0.137. The summed E-state index contributed by atoms with van der Waals surface area (Å²) in [5.41, 5.74) is -2.23. The molecule has 104 valence electrons. The molecular weight excluding hydrogens is 250 g/mol. The summed E-state index contributed by atoms with van der Waals surface area (Å²) in [7, 11) is -1.57. The maximum Gasteiger partial charge on any atom is 0.494 e. The Morgan fingerprint density at radius 3 is 2.37 bits per heavy atom. The van der Waals surface area contributed by atoms with Crippen LogP contribution < -0.4 is 5.46 Å². The molecule has 0 saturated heterocycles. The number of rotatable bonds is 5. The van der Waals surface area contributed by atoms with Crippen LogP contribution in [0.2, 0.25) is 0 Å². The summed E-state index contributed by atoms with van der Waals surface area (Å²) in [4.78, 5) is 10.7. The van der Waals surface area contributed by atoms with Crippen LogP contribution in [0.15, 0.2) is 18.2 Å². The molecular formula is C13H18BFO4. The van der Waals surface area contributed by atoms with Crippen molar-refractivity contribution in [2.24, 2.45) is 0 Å². The zero-order valence-electron chi connectivity index (χ0n) is 11.5. The van der Waals surface area contributed by atoms with Crippen molar-refractivity contribution in [3.05, 3.63) is 29.6 Å². The van der Waals surface area contributed by atoms with E-state index in [-0.39, 0.29) is 11.0 Å². The monoisotopic (exact) mass is 268 g/mol. The average Bonchev–Trinajstić information content (AvgIpc) is 2.27. The van der Waals surface area contributed by atoms with Gasteiger partial charge in [-0.1, -0.05) is 0 Å². The molecule has 19 heavy (non-hydrogen) atoms. The van der Waals surface area contributed by atoms with Crippen molar-refractivity contribution in [2.45, 2.75) is 38.9 Å². The molecule has 0 amide bonds. The van der Waals surface area contributed by atoms with Crippen molar-refractivity contribution in [3.63, 3.8) is 0 Å². The molecule has 0 heterocycles. The van der Waals surface area contributed by atoms with Crippen molar-refractivity contribution in [3.8, 4) is 0 Å². The summed E-state index contributed by atoms with van der Waals surface area (Å²) in [6.45, 7) is 6.21. The van der Waals surface area contributed by atoms with E-state index in [2.05, 4.69) is 0 Å². The standard InChI is InChI=1S/C13H18BFO4/c1-12(2,17)13(3,4)19-14(18)10-7-9(8-16)5-6-11(10)15/h5-8,17-18H,1-4H3. The van der Waals surface area contributed by atoms with Gasteiger partial charge in [0.2, 0.25) is 0 Å². The fourth-order valence-electron chi connectivity index (χ4n) is 1.31. The predicted molar refractivity (Wildman–Crippen MR) is 70.9 cm³/mol. The molecule has 0 fully saturated rings. The first kappa shape index (κ1) is 15.8. The van der Waals surface area contributed by atoms with Gasteiger partial charge in [0.1, 0.15) is 12.1 Å². The van der Waals surface area contributed by atoms with E-state index in [0.29, 0.717) is 6.29 Å². The highest BCUT2D eigenvalue weighted by molar-refractivity contribution is 6.60. The number of carbonyl (C=O) groups is 1. The Morgan fingerprint density at radius 2 is 1.89 bits per heavy atom. The molecule has 4 nitrogen and oxygen atoms in total. The van der Waals surface area contributed by atoms with E-state index in [1.807, 2.05) is 0 Å². The summed E-state index contributed by atoms with van der Waals surface area (Å²) >= 11 is 0. The SMILES string of the molecule is CC(C)(O)C(C)(C)OB(O)c1cc(C=O)ccc1F. The highest BCUT2D eigenvalue weighted by Gasteiger charge is 2.40. The summed E-state index contributed by atoms with van der Waals surface area (Å²) < 4.78 is 18.9. The summed E-state index contributed by atoms with van der Waals surface area (Å²) in [5.74, 6) is -0.676. The van der Waals surface area contributed by atoms with Gasteiger partial charge in [-0.3, -0.25) is 4.79 Å². The van der Waals surface area contributed by atoms with Crippen LogP contribution in [0.25, 0.3) is 0 Å². The van der Waals surface area contributed by atoms with Crippen molar-refractivity contribution < 1.29 is 24.0 Å². The lowest BCUT2D eigenvalue weighted by atomic mass is 9.75. The Balaban J connectivity index is 3.01. The molecule has 0 saturated carbocycles. The highest BCUT2D eigenvalue weighted by atomic mass is 19.1. The number of hydrogen-bond acceptors (Lipinski definition) is 4. The van der Waals surface area contributed by atoms with Gasteiger partial charge in [-0.05, 0) is 45.9 Å². The van der Waals surface area contributed by atoms with E-state index in [1.54, 1.807) is 13.8 Å². The Kier molecular flexibility index (Phi) is 4.50. The highest BCUT2D eigenvalue weighted by Crippen LogP contribution is 2.25. The molecule has 2 N–H and O–H groups in total. The lowest BCUT2D eigenvalue weighted by Gasteiger charge is -2.38. The second-order valence-electron chi connectivity index (χ2n) is 5.44. The molecule has 0 atom stereocenters. The maximum atomic E-state index is 13.6. The smallest absolute Gasteiger partial charge is 0.423 e. The second kappa shape index (κ2) is 5.40. The van der Waals surface area contributed by atoms with Gasteiger partial charge >= 0.3 is 7.12 Å². The van der Waals surface area contributed by atoms with Crippen LogP contribution in [0.3, 0.4) is 0 Å². The third kappa shape index (κ3) is 3.62. The summed E-state index contributed by atoms with van der Waals surface area (Å²) in [5, 5.41) is 19.9. The van der Waals surface area contributed by atoms with E-state index in [9.17, 15) is 19.3 Å². The molecule has 0 bridgehead atoms. The zero-order chi connectivity index (χ0) is 14.8. The topological polar surface area (TPSA) is 66.8 Å². The van der Waals surface area contributed by atoms with E-state index in [0.717, 1.165) is 6.07 Å². The van der Waals surface area contributed by atoms with Gasteiger partial charge in [-0.2, -0.15) is 0 Å². The van der Waals surface area contributed by atoms with Gasteiger partial charge in [0.15, 0.2) is 0 Å². The van der Waals surface area contributed by atoms with Gasteiger partial charge in [-0.15, -0.1) is 0 Å². The van der Waals surface area contributed by atoms with Gasteiger partial charge in [0, 0.05) is 11.0 Å².